The number of benzene rings is 1. The third-order valence-electron chi connectivity index (χ3n) is 2.62. The highest BCUT2D eigenvalue weighted by Crippen LogP contribution is 2.27. The first-order chi connectivity index (χ1) is 10.0. The monoisotopic (exact) mass is 289 g/mol. The second-order valence-electron chi connectivity index (χ2n) is 3.90. The minimum atomic E-state index is -0.763. The van der Waals surface area contributed by atoms with Gasteiger partial charge in [0.25, 0.3) is 5.69 Å². The number of aromatic amines is 1. The summed E-state index contributed by atoms with van der Waals surface area (Å²) in [5.41, 5.74) is 0.0834. The normalized spacial score (nSPS) is 11.0. The maximum atomic E-state index is 13.4. The van der Waals surface area contributed by atoms with Crippen LogP contribution in [0.1, 0.15) is 11.4 Å². The molecule has 0 aliphatic heterocycles. The number of nitrogens with zero attached hydrogens (tertiary/aromatic N) is 5. The molecule has 0 spiro atoms. The molecule has 10 heteroatoms. The molecule has 2 aromatic rings. The average Bonchev–Trinajstić information content (AvgIpc) is 2.96. The van der Waals surface area contributed by atoms with Gasteiger partial charge in [0.2, 0.25) is 5.82 Å². The number of nitriles is 1. The van der Waals surface area contributed by atoms with Crippen LogP contribution in [0.5, 0.6) is 0 Å². The molecule has 0 fully saturated rings. The number of nitro groups is 1. The maximum Gasteiger partial charge on any atom is 0.277 e. The van der Waals surface area contributed by atoms with Gasteiger partial charge in [-0.05, 0) is 18.2 Å². The van der Waals surface area contributed by atoms with E-state index in [9.17, 15) is 14.5 Å². The number of hydrogen-bond donors (Lipinski definition) is 2. The first-order valence-electron chi connectivity index (χ1n) is 5.58. The van der Waals surface area contributed by atoms with E-state index in [-0.39, 0.29) is 28.3 Å². The van der Waals surface area contributed by atoms with Gasteiger partial charge in [0.1, 0.15) is 17.5 Å². The number of rotatable bonds is 4. The summed E-state index contributed by atoms with van der Waals surface area (Å²) in [4.78, 5) is 10.1. The first kappa shape index (κ1) is 14.1. The highest BCUT2D eigenvalue weighted by molar-refractivity contribution is 5.75. The molecular formula is C11H8FN7O2. The van der Waals surface area contributed by atoms with E-state index in [1.807, 2.05) is 6.07 Å². The van der Waals surface area contributed by atoms with Crippen LogP contribution in [0, 0.1) is 34.2 Å². The Balaban J connectivity index is 2.36. The molecule has 0 aliphatic rings. The number of hydrogen-bond acceptors (Lipinski definition) is 7. The van der Waals surface area contributed by atoms with Gasteiger partial charge in [0.05, 0.1) is 22.2 Å². The van der Waals surface area contributed by atoms with Crippen molar-refractivity contribution in [3.8, 4) is 6.07 Å². The van der Waals surface area contributed by atoms with Crippen molar-refractivity contribution < 1.29 is 9.31 Å². The quantitative estimate of drug-likeness (QED) is 0.495. The van der Waals surface area contributed by atoms with Crippen molar-refractivity contribution >= 4 is 16.9 Å². The zero-order valence-corrected chi connectivity index (χ0v) is 10.7. The van der Waals surface area contributed by atoms with Crippen LogP contribution in [0.3, 0.4) is 0 Å². The molecule has 0 bridgehead atoms. The van der Waals surface area contributed by atoms with Gasteiger partial charge in [-0.3, -0.25) is 10.1 Å². The first-order valence-corrected chi connectivity index (χ1v) is 5.58. The van der Waals surface area contributed by atoms with Crippen LogP contribution in [0.15, 0.2) is 18.3 Å². The molecule has 2 N–H and O–H groups in total. The molecule has 1 heterocycles. The number of allylic oxidation sites excluding steroid dienone is 1. The molecule has 0 radical (unpaired) electrons. The Labute approximate surface area is 117 Å². The predicted molar refractivity (Wildman–Crippen MR) is 69.2 cm³/mol. The van der Waals surface area contributed by atoms with Gasteiger partial charge in [0.15, 0.2) is 0 Å². The zero-order valence-electron chi connectivity index (χ0n) is 10.7. The summed E-state index contributed by atoms with van der Waals surface area (Å²) in [6.07, 6.45) is 1.22. The molecule has 9 nitrogen and oxygen atoms in total. The third kappa shape index (κ3) is 2.98. The summed E-state index contributed by atoms with van der Waals surface area (Å²) in [5, 5.41) is 35.2. The summed E-state index contributed by atoms with van der Waals surface area (Å²) < 4.78 is 13.4. The SMILES string of the molecule is Cc1c(NC=C(C#N)c2nn[nH]n2)cc(F)cc1[N+](=O)[O-]. The topological polar surface area (TPSA) is 133 Å². The summed E-state index contributed by atoms with van der Waals surface area (Å²) in [6.45, 7) is 1.47. The lowest BCUT2D eigenvalue weighted by atomic mass is 10.1. The molecule has 1 aromatic carbocycles. The fourth-order valence-electron chi connectivity index (χ4n) is 1.58. The highest BCUT2D eigenvalue weighted by Gasteiger charge is 2.16. The van der Waals surface area contributed by atoms with Gasteiger partial charge in [-0.15, -0.1) is 10.2 Å². The van der Waals surface area contributed by atoms with E-state index in [0.29, 0.717) is 0 Å². The molecule has 106 valence electrons. The number of aromatic nitrogens is 4. The van der Waals surface area contributed by atoms with Crippen molar-refractivity contribution in [1.82, 2.24) is 20.6 Å². The molecule has 0 unspecified atom stereocenters. The van der Waals surface area contributed by atoms with Crippen molar-refractivity contribution in [2.24, 2.45) is 0 Å². The molecule has 0 aliphatic carbocycles. The Morgan fingerprint density at radius 2 is 2.38 bits per heavy atom. The molecule has 0 amide bonds. The van der Waals surface area contributed by atoms with Crippen molar-refractivity contribution in [3.63, 3.8) is 0 Å². The molecule has 0 atom stereocenters. The molecular weight excluding hydrogens is 281 g/mol. The lowest BCUT2D eigenvalue weighted by Crippen LogP contribution is -1.99. The van der Waals surface area contributed by atoms with E-state index in [2.05, 4.69) is 25.9 Å². The van der Waals surface area contributed by atoms with E-state index in [0.717, 1.165) is 12.1 Å². The highest BCUT2D eigenvalue weighted by atomic mass is 19.1. The van der Waals surface area contributed by atoms with Gasteiger partial charge in [-0.1, -0.05) is 0 Å². The molecule has 0 saturated carbocycles. The maximum absolute atomic E-state index is 13.4. The number of tetrazole rings is 1. The molecule has 2 rings (SSSR count). The number of halogens is 1. The van der Waals surface area contributed by atoms with Crippen LogP contribution in [0.25, 0.3) is 5.57 Å². The molecule has 1 aromatic heterocycles. The van der Waals surface area contributed by atoms with Gasteiger partial charge < -0.3 is 5.32 Å². The molecule has 21 heavy (non-hydrogen) atoms. The van der Waals surface area contributed by atoms with Gasteiger partial charge >= 0.3 is 0 Å². The number of nitro benzene ring substituents is 1. The van der Waals surface area contributed by atoms with Crippen LogP contribution in [0.2, 0.25) is 0 Å². The number of H-pyrrole nitrogens is 1. The fourth-order valence-corrected chi connectivity index (χ4v) is 1.58. The Bertz CT molecular complexity index is 749. The lowest BCUT2D eigenvalue weighted by molar-refractivity contribution is -0.385. The number of anilines is 1. The van der Waals surface area contributed by atoms with Crippen LogP contribution in [-0.4, -0.2) is 25.5 Å². The summed E-state index contributed by atoms with van der Waals surface area (Å²) in [5.74, 6) is -0.713. The Hall–Kier alpha value is -3.35. The minimum Gasteiger partial charge on any atom is -0.360 e. The Kier molecular flexibility index (Phi) is 3.85. The largest absolute Gasteiger partial charge is 0.360 e. The van der Waals surface area contributed by atoms with Crippen molar-refractivity contribution in [3.05, 3.63) is 45.7 Å². The summed E-state index contributed by atoms with van der Waals surface area (Å²) in [7, 11) is 0. The zero-order chi connectivity index (χ0) is 15.4. The second kappa shape index (κ2) is 5.74. The Morgan fingerprint density at radius 1 is 1.62 bits per heavy atom. The van der Waals surface area contributed by atoms with E-state index in [1.54, 1.807) is 0 Å². The molecule has 0 saturated heterocycles. The van der Waals surface area contributed by atoms with Crippen LogP contribution in [0.4, 0.5) is 15.8 Å². The number of nitrogens with one attached hydrogen (secondary N) is 2. The van der Waals surface area contributed by atoms with Crippen molar-refractivity contribution in [2.45, 2.75) is 6.92 Å². The average molecular weight is 289 g/mol. The minimum absolute atomic E-state index is 0.0371. The van der Waals surface area contributed by atoms with E-state index < -0.39 is 10.7 Å². The van der Waals surface area contributed by atoms with E-state index in [4.69, 9.17) is 5.26 Å². The summed E-state index contributed by atoms with van der Waals surface area (Å²) >= 11 is 0. The summed E-state index contributed by atoms with van der Waals surface area (Å²) in [6, 6.07) is 3.75. The van der Waals surface area contributed by atoms with Gasteiger partial charge in [-0.25, -0.2) is 4.39 Å². The smallest absolute Gasteiger partial charge is 0.277 e. The van der Waals surface area contributed by atoms with E-state index >= 15 is 0 Å². The van der Waals surface area contributed by atoms with Crippen molar-refractivity contribution in [1.29, 1.82) is 5.26 Å². The van der Waals surface area contributed by atoms with E-state index in [1.165, 1.54) is 13.1 Å². The third-order valence-corrected chi connectivity index (χ3v) is 2.62. The standard InChI is InChI=1S/C11H8FN7O2/c1-6-9(2-8(12)3-10(6)19(20)21)14-5-7(4-13)11-15-17-18-16-11/h2-3,5,14H,1H3,(H,15,16,17,18). The van der Waals surface area contributed by atoms with Gasteiger partial charge in [0, 0.05) is 6.20 Å². The van der Waals surface area contributed by atoms with Gasteiger partial charge in [-0.2, -0.15) is 10.5 Å². The predicted octanol–water partition coefficient (Wildman–Crippen LogP) is 1.53. The Morgan fingerprint density at radius 3 is 2.95 bits per heavy atom. The van der Waals surface area contributed by atoms with Crippen LogP contribution >= 0.6 is 0 Å². The van der Waals surface area contributed by atoms with Crippen molar-refractivity contribution in [2.75, 3.05) is 5.32 Å². The van der Waals surface area contributed by atoms with Crippen LogP contribution in [-0.2, 0) is 0 Å². The fraction of sp³-hybridized carbons (Fsp3) is 0.0909. The second-order valence-corrected chi connectivity index (χ2v) is 3.90. The van der Waals surface area contributed by atoms with Crippen LogP contribution < -0.4 is 5.32 Å². The lowest BCUT2D eigenvalue weighted by Gasteiger charge is -2.06.